The molecule has 5 nitrogen and oxygen atoms in total. The van der Waals surface area contributed by atoms with Gasteiger partial charge >= 0.3 is 0 Å². The molecule has 2 heterocycles. The largest absolute Gasteiger partial charge is 0.482 e. The first kappa shape index (κ1) is 16.9. The van der Waals surface area contributed by atoms with Crippen LogP contribution in [0.5, 0.6) is 5.75 Å². The Morgan fingerprint density at radius 3 is 2.96 bits per heavy atom. The Morgan fingerprint density at radius 2 is 2.21 bits per heavy atom. The van der Waals surface area contributed by atoms with Crippen molar-refractivity contribution in [2.75, 3.05) is 11.9 Å². The number of ether oxygens (including phenoxy) is 1. The first-order chi connectivity index (χ1) is 11.6. The Kier molecular flexibility index (Phi) is 5.44. The molecule has 0 bridgehead atoms. The zero-order chi connectivity index (χ0) is 16.9. The van der Waals surface area contributed by atoms with Crippen LogP contribution in [0.25, 0.3) is 10.7 Å². The molecule has 0 atom stereocenters. The summed E-state index contributed by atoms with van der Waals surface area (Å²) in [6.45, 7) is -0.155. The summed E-state index contributed by atoms with van der Waals surface area (Å²) in [5.41, 5.74) is 0.765. The van der Waals surface area contributed by atoms with Gasteiger partial charge in [-0.05, 0) is 30.3 Å². The van der Waals surface area contributed by atoms with Crippen LogP contribution in [-0.4, -0.2) is 22.5 Å². The molecule has 0 unspecified atom stereocenters. The molecule has 1 amide bonds. The van der Waals surface area contributed by atoms with Crippen molar-refractivity contribution in [2.45, 2.75) is 0 Å². The molecular formula is C16H11BrClN3O2S. The van der Waals surface area contributed by atoms with Gasteiger partial charge in [0, 0.05) is 16.0 Å². The highest BCUT2D eigenvalue weighted by molar-refractivity contribution is 9.10. The van der Waals surface area contributed by atoms with E-state index in [1.807, 2.05) is 18.2 Å². The Bertz CT molecular complexity index is 858. The summed E-state index contributed by atoms with van der Waals surface area (Å²) in [6.07, 6.45) is 1.70. The fourth-order valence-corrected chi connectivity index (χ4v) is 3.31. The maximum atomic E-state index is 12.0. The van der Waals surface area contributed by atoms with Gasteiger partial charge in [-0.2, -0.15) is 0 Å². The second kappa shape index (κ2) is 7.74. The number of anilines is 1. The summed E-state index contributed by atoms with van der Waals surface area (Å²) in [5, 5.41) is 5.62. The van der Waals surface area contributed by atoms with Crippen LogP contribution in [0.15, 0.2) is 52.4 Å². The number of pyridine rings is 1. The molecule has 0 aliphatic rings. The van der Waals surface area contributed by atoms with Crippen molar-refractivity contribution < 1.29 is 9.53 Å². The van der Waals surface area contributed by atoms with Gasteiger partial charge in [-0.3, -0.25) is 9.78 Å². The van der Waals surface area contributed by atoms with Crippen molar-refractivity contribution in [3.05, 3.63) is 57.5 Å². The van der Waals surface area contributed by atoms with Crippen molar-refractivity contribution in [1.29, 1.82) is 0 Å². The highest BCUT2D eigenvalue weighted by Crippen LogP contribution is 2.28. The first-order valence-electron chi connectivity index (χ1n) is 6.86. The lowest BCUT2D eigenvalue weighted by Gasteiger charge is -2.07. The zero-order valence-electron chi connectivity index (χ0n) is 12.2. The van der Waals surface area contributed by atoms with Gasteiger partial charge in [-0.1, -0.05) is 33.6 Å². The summed E-state index contributed by atoms with van der Waals surface area (Å²) in [6, 6.07) is 10.8. The summed E-state index contributed by atoms with van der Waals surface area (Å²) in [7, 11) is 0. The monoisotopic (exact) mass is 423 g/mol. The van der Waals surface area contributed by atoms with E-state index in [-0.39, 0.29) is 12.5 Å². The lowest BCUT2D eigenvalue weighted by Crippen LogP contribution is -2.20. The predicted octanol–water partition coefficient (Wildman–Crippen LogP) is 4.64. The Balaban J connectivity index is 1.58. The molecule has 0 spiro atoms. The van der Waals surface area contributed by atoms with Crippen LogP contribution in [0.4, 0.5) is 5.82 Å². The average molecular weight is 425 g/mol. The van der Waals surface area contributed by atoms with E-state index in [4.69, 9.17) is 16.3 Å². The van der Waals surface area contributed by atoms with Gasteiger partial charge in [0.15, 0.2) is 6.61 Å². The van der Waals surface area contributed by atoms with Crippen molar-refractivity contribution in [3.8, 4) is 16.5 Å². The van der Waals surface area contributed by atoms with Gasteiger partial charge in [0.2, 0.25) is 0 Å². The summed E-state index contributed by atoms with van der Waals surface area (Å²) in [5.74, 6) is 0.602. The molecule has 0 radical (unpaired) electrons. The maximum Gasteiger partial charge on any atom is 0.263 e. The normalized spacial score (nSPS) is 10.4. The lowest BCUT2D eigenvalue weighted by molar-refractivity contribution is -0.118. The van der Waals surface area contributed by atoms with Gasteiger partial charge in [-0.15, -0.1) is 11.3 Å². The van der Waals surface area contributed by atoms with Crippen LogP contribution in [0.2, 0.25) is 5.02 Å². The van der Waals surface area contributed by atoms with E-state index in [9.17, 15) is 4.79 Å². The van der Waals surface area contributed by atoms with Crippen LogP contribution in [0.3, 0.4) is 0 Å². The molecule has 0 saturated carbocycles. The molecule has 8 heteroatoms. The zero-order valence-corrected chi connectivity index (χ0v) is 15.4. The molecule has 122 valence electrons. The highest BCUT2D eigenvalue weighted by Gasteiger charge is 2.10. The number of amides is 1. The van der Waals surface area contributed by atoms with E-state index in [0.717, 1.165) is 15.2 Å². The van der Waals surface area contributed by atoms with Crippen LogP contribution < -0.4 is 10.1 Å². The number of hydrogen-bond donors (Lipinski definition) is 1. The number of benzene rings is 1. The third kappa shape index (κ3) is 4.31. The number of halogens is 2. The Hall–Kier alpha value is -1.96. The number of nitrogens with one attached hydrogen (secondary N) is 1. The van der Waals surface area contributed by atoms with E-state index in [0.29, 0.717) is 16.6 Å². The molecule has 3 aromatic rings. The molecular weight excluding hydrogens is 414 g/mol. The number of thiazole rings is 1. The fraction of sp³-hybridized carbons (Fsp3) is 0.0625. The van der Waals surface area contributed by atoms with Crippen molar-refractivity contribution in [1.82, 2.24) is 9.97 Å². The van der Waals surface area contributed by atoms with E-state index in [1.165, 1.54) is 11.3 Å². The first-order valence-corrected chi connectivity index (χ1v) is 8.91. The number of carbonyl (C=O) groups excluding carboxylic acids is 1. The topological polar surface area (TPSA) is 64.1 Å². The van der Waals surface area contributed by atoms with E-state index in [1.54, 1.807) is 29.8 Å². The van der Waals surface area contributed by atoms with Crippen LogP contribution in [0.1, 0.15) is 0 Å². The summed E-state index contributed by atoms with van der Waals surface area (Å²) >= 11 is 10.8. The van der Waals surface area contributed by atoms with Gasteiger partial charge in [0.25, 0.3) is 5.91 Å². The number of carbonyl (C=O) groups is 1. The standard InChI is InChI=1S/C16H11BrClN3O2S/c17-10-4-5-13(11(18)7-10)23-8-15(22)20-14-9-24-16(21-14)12-3-1-2-6-19-12/h1-7,9H,8H2,(H,20,22). The third-order valence-corrected chi connectivity index (χ3v) is 4.56. The second-order valence-corrected chi connectivity index (χ2v) is 6.85. The average Bonchev–Trinajstić information content (AvgIpc) is 3.03. The van der Waals surface area contributed by atoms with Crippen LogP contribution in [-0.2, 0) is 4.79 Å². The maximum absolute atomic E-state index is 12.0. The Morgan fingerprint density at radius 1 is 1.33 bits per heavy atom. The molecule has 1 N–H and O–H groups in total. The predicted molar refractivity (Wildman–Crippen MR) is 98.6 cm³/mol. The number of hydrogen-bond acceptors (Lipinski definition) is 5. The minimum Gasteiger partial charge on any atom is -0.482 e. The number of nitrogens with zero attached hydrogens (tertiary/aromatic N) is 2. The van der Waals surface area contributed by atoms with E-state index in [2.05, 4.69) is 31.2 Å². The molecule has 0 aliphatic heterocycles. The van der Waals surface area contributed by atoms with Crippen LogP contribution >= 0.6 is 38.9 Å². The molecule has 0 aliphatic carbocycles. The molecule has 0 saturated heterocycles. The molecule has 0 fully saturated rings. The van der Waals surface area contributed by atoms with Gasteiger partial charge in [0.05, 0.1) is 10.7 Å². The van der Waals surface area contributed by atoms with Crippen LogP contribution in [0, 0.1) is 0 Å². The minimum absolute atomic E-state index is 0.155. The lowest BCUT2D eigenvalue weighted by atomic mass is 10.3. The highest BCUT2D eigenvalue weighted by atomic mass is 79.9. The number of aromatic nitrogens is 2. The molecule has 3 rings (SSSR count). The van der Waals surface area contributed by atoms with Crippen molar-refractivity contribution in [3.63, 3.8) is 0 Å². The van der Waals surface area contributed by atoms with E-state index >= 15 is 0 Å². The van der Waals surface area contributed by atoms with E-state index < -0.39 is 0 Å². The fourth-order valence-electron chi connectivity index (χ4n) is 1.85. The van der Waals surface area contributed by atoms with Crippen molar-refractivity contribution in [2.24, 2.45) is 0 Å². The molecule has 24 heavy (non-hydrogen) atoms. The minimum atomic E-state index is -0.313. The summed E-state index contributed by atoms with van der Waals surface area (Å²) < 4.78 is 6.26. The SMILES string of the molecule is O=C(COc1ccc(Br)cc1Cl)Nc1csc(-c2ccccn2)n1. The number of rotatable bonds is 5. The van der Waals surface area contributed by atoms with Gasteiger partial charge in [0.1, 0.15) is 16.6 Å². The Labute approximate surface area is 155 Å². The van der Waals surface area contributed by atoms with Gasteiger partial charge in [-0.25, -0.2) is 4.98 Å². The summed E-state index contributed by atoms with van der Waals surface area (Å²) in [4.78, 5) is 20.5. The molecule has 2 aromatic heterocycles. The van der Waals surface area contributed by atoms with Crippen molar-refractivity contribution >= 4 is 50.6 Å². The second-order valence-electron chi connectivity index (χ2n) is 4.66. The third-order valence-electron chi connectivity index (χ3n) is 2.91. The quantitative estimate of drug-likeness (QED) is 0.648. The smallest absolute Gasteiger partial charge is 0.263 e. The van der Waals surface area contributed by atoms with Gasteiger partial charge < -0.3 is 10.1 Å². The molecule has 1 aromatic carbocycles.